The van der Waals surface area contributed by atoms with Gasteiger partial charge in [0.25, 0.3) is 0 Å². The molecule has 0 bridgehead atoms. The van der Waals surface area contributed by atoms with Gasteiger partial charge in [-0.25, -0.2) is 8.42 Å². The molecule has 0 saturated heterocycles. The molecule has 0 fully saturated rings. The summed E-state index contributed by atoms with van der Waals surface area (Å²) in [5.41, 5.74) is 1.68. The van der Waals surface area contributed by atoms with E-state index in [1.165, 1.54) is 0 Å². The highest BCUT2D eigenvalue weighted by Gasteiger charge is 2.22. The lowest BCUT2D eigenvalue weighted by molar-refractivity contribution is 0.572. The van der Waals surface area contributed by atoms with Crippen LogP contribution in [0.2, 0.25) is 5.02 Å². The lowest BCUT2D eigenvalue weighted by Crippen LogP contribution is -2.29. The molecule has 122 valence electrons. The average Bonchev–Trinajstić information content (AvgIpc) is 2.62. The molecule has 0 saturated carbocycles. The minimum Gasteiger partial charge on any atom is -0.207 e. The van der Waals surface area contributed by atoms with E-state index in [4.69, 9.17) is 11.6 Å². The Morgan fingerprint density at radius 3 is 1.79 bits per heavy atom. The maximum atomic E-state index is 12.7. The van der Waals surface area contributed by atoms with E-state index in [1.807, 2.05) is 42.5 Å². The fourth-order valence-electron chi connectivity index (χ4n) is 2.45. The van der Waals surface area contributed by atoms with Gasteiger partial charge < -0.3 is 0 Å². The molecule has 24 heavy (non-hydrogen) atoms. The quantitative estimate of drug-likeness (QED) is 0.735. The number of nitrogens with one attached hydrogen (secondary N) is 1. The summed E-state index contributed by atoms with van der Waals surface area (Å²) in [7, 11) is -3.65. The van der Waals surface area contributed by atoms with Crippen molar-refractivity contribution in [3.8, 4) is 0 Å². The van der Waals surface area contributed by atoms with Crippen LogP contribution in [0.1, 0.15) is 17.2 Å². The Bertz CT molecular complexity index is 895. The summed E-state index contributed by atoms with van der Waals surface area (Å²) >= 11 is 5.95. The molecule has 1 atom stereocenters. The average molecular weight is 358 g/mol. The number of benzene rings is 3. The Morgan fingerprint density at radius 2 is 1.21 bits per heavy atom. The van der Waals surface area contributed by atoms with Crippen molar-refractivity contribution in [2.75, 3.05) is 0 Å². The maximum Gasteiger partial charge on any atom is 0.241 e. The van der Waals surface area contributed by atoms with Crippen molar-refractivity contribution in [3.05, 3.63) is 101 Å². The molecule has 5 heteroatoms. The zero-order chi connectivity index (χ0) is 17.0. The van der Waals surface area contributed by atoms with Gasteiger partial charge in [0.2, 0.25) is 10.0 Å². The van der Waals surface area contributed by atoms with Crippen LogP contribution in [0.4, 0.5) is 0 Å². The van der Waals surface area contributed by atoms with Gasteiger partial charge >= 0.3 is 0 Å². The standard InChI is InChI=1S/C19H16ClNO2S/c20-17-13-11-16(12-14-17)19(15-7-3-1-4-8-15)21-24(22,23)18-9-5-2-6-10-18/h1-14,19,21H. The van der Waals surface area contributed by atoms with E-state index in [1.54, 1.807) is 42.5 Å². The lowest BCUT2D eigenvalue weighted by atomic mass is 10.00. The van der Waals surface area contributed by atoms with E-state index >= 15 is 0 Å². The SMILES string of the molecule is O=S(=O)(NC(c1ccccc1)c1ccc(Cl)cc1)c1ccccc1. The first kappa shape index (κ1) is 16.7. The van der Waals surface area contributed by atoms with Gasteiger partial charge in [-0.15, -0.1) is 0 Å². The monoisotopic (exact) mass is 357 g/mol. The fourth-order valence-corrected chi connectivity index (χ4v) is 3.81. The Labute approximate surface area is 147 Å². The van der Waals surface area contributed by atoms with Crippen LogP contribution in [0.15, 0.2) is 89.8 Å². The van der Waals surface area contributed by atoms with Crippen molar-refractivity contribution in [1.29, 1.82) is 0 Å². The van der Waals surface area contributed by atoms with Crippen LogP contribution in [0.25, 0.3) is 0 Å². The number of sulfonamides is 1. The predicted octanol–water partition coefficient (Wildman–Crippen LogP) is 4.41. The molecule has 0 aliphatic rings. The van der Waals surface area contributed by atoms with Crippen LogP contribution in [-0.4, -0.2) is 8.42 Å². The summed E-state index contributed by atoms with van der Waals surface area (Å²) in [5.74, 6) is 0. The van der Waals surface area contributed by atoms with E-state index < -0.39 is 16.1 Å². The summed E-state index contributed by atoms with van der Waals surface area (Å²) in [6.07, 6.45) is 0. The molecule has 0 heterocycles. The van der Waals surface area contributed by atoms with Crippen molar-refractivity contribution >= 4 is 21.6 Å². The number of hydrogen-bond acceptors (Lipinski definition) is 2. The zero-order valence-corrected chi connectivity index (χ0v) is 14.3. The summed E-state index contributed by atoms with van der Waals surface area (Å²) in [4.78, 5) is 0.236. The van der Waals surface area contributed by atoms with E-state index in [0.717, 1.165) is 11.1 Å². The molecule has 0 aliphatic carbocycles. The van der Waals surface area contributed by atoms with Crippen LogP contribution in [0.3, 0.4) is 0 Å². The van der Waals surface area contributed by atoms with Gasteiger partial charge in [0.05, 0.1) is 10.9 Å². The first-order valence-corrected chi connectivity index (χ1v) is 9.30. The Balaban J connectivity index is 2.01. The molecule has 3 aromatic carbocycles. The third-order valence-corrected chi connectivity index (χ3v) is 5.35. The molecule has 0 aromatic heterocycles. The van der Waals surface area contributed by atoms with Gasteiger partial charge in [-0.1, -0.05) is 72.3 Å². The second kappa shape index (κ2) is 7.18. The normalized spacial score (nSPS) is 12.7. The molecule has 3 nitrogen and oxygen atoms in total. The number of hydrogen-bond donors (Lipinski definition) is 1. The van der Waals surface area contributed by atoms with Crippen LogP contribution >= 0.6 is 11.6 Å². The Morgan fingerprint density at radius 1 is 0.708 bits per heavy atom. The van der Waals surface area contributed by atoms with E-state index in [2.05, 4.69) is 4.72 Å². The fraction of sp³-hybridized carbons (Fsp3) is 0.0526. The predicted molar refractivity (Wildman–Crippen MR) is 96.5 cm³/mol. The van der Waals surface area contributed by atoms with E-state index in [-0.39, 0.29) is 4.90 Å². The van der Waals surface area contributed by atoms with Gasteiger partial charge in [0.1, 0.15) is 0 Å². The van der Waals surface area contributed by atoms with Crippen LogP contribution < -0.4 is 4.72 Å². The molecule has 0 aliphatic heterocycles. The molecule has 3 aromatic rings. The molecular weight excluding hydrogens is 342 g/mol. The van der Waals surface area contributed by atoms with Crippen molar-refractivity contribution in [3.63, 3.8) is 0 Å². The van der Waals surface area contributed by atoms with Crippen molar-refractivity contribution < 1.29 is 8.42 Å². The largest absolute Gasteiger partial charge is 0.241 e. The van der Waals surface area contributed by atoms with Crippen LogP contribution in [-0.2, 0) is 10.0 Å². The highest BCUT2D eigenvalue weighted by Crippen LogP contribution is 2.25. The maximum absolute atomic E-state index is 12.7. The molecular formula is C19H16ClNO2S. The molecule has 1 N–H and O–H groups in total. The highest BCUT2D eigenvalue weighted by atomic mass is 35.5. The molecule has 0 radical (unpaired) electrons. The van der Waals surface area contributed by atoms with Crippen molar-refractivity contribution in [2.24, 2.45) is 0 Å². The topological polar surface area (TPSA) is 46.2 Å². The summed E-state index contributed by atoms with van der Waals surface area (Å²) in [6.45, 7) is 0. The summed E-state index contributed by atoms with van der Waals surface area (Å²) in [6, 6.07) is 24.5. The Hall–Kier alpha value is -2.14. The van der Waals surface area contributed by atoms with Gasteiger partial charge in [0, 0.05) is 5.02 Å². The van der Waals surface area contributed by atoms with Crippen LogP contribution in [0.5, 0.6) is 0 Å². The second-order valence-electron chi connectivity index (χ2n) is 5.33. The third kappa shape index (κ3) is 3.85. The minimum absolute atomic E-state index is 0.236. The van der Waals surface area contributed by atoms with E-state index in [0.29, 0.717) is 5.02 Å². The molecule has 0 amide bonds. The van der Waals surface area contributed by atoms with E-state index in [9.17, 15) is 8.42 Å². The third-order valence-electron chi connectivity index (χ3n) is 3.66. The molecule has 1 unspecified atom stereocenters. The minimum atomic E-state index is -3.65. The van der Waals surface area contributed by atoms with Gasteiger partial charge in [-0.2, -0.15) is 4.72 Å². The first-order chi connectivity index (χ1) is 11.6. The summed E-state index contributed by atoms with van der Waals surface area (Å²) < 4.78 is 28.2. The number of halogens is 1. The zero-order valence-electron chi connectivity index (χ0n) is 12.8. The van der Waals surface area contributed by atoms with Crippen molar-refractivity contribution in [1.82, 2.24) is 4.72 Å². The van der Waals surface area contributed by atoms with Crippen LogP contribution in [0, 0.1) is 0 Å². The van der Waals surface area contributed by atoms with Gasteiger partial charge in [-0.05, 0) is 35.4 Å². The highest BCUT2D eigenvalue weighted by molar-refractivity contribution is 7.89. The first-order valence-electron chi connectivity index (χ1n) is 7.44. The molecule has 3 rings (SSSR count). The number of rotatable bonds is 5. The van der Waals surface area contributed by atoms with Gasteiger partial charge in [-0.3, -0.25) is 0 Å². The molecule has 0 spiro atoms. The smallest absolute Gasteiger partial charge is 0.207 e. The Kier molecular flexibility index (Phi) is 5.00. The van der Waals surface area contributed by atoms with Crippen molar-refractivity contribution in [2.45, 2.75) is 10.9 Å². The summed E-state index contributed by atoms with van der Waals surface area (Å²) in [5, 5.41) is 0.608. The van der Waals surface area contributed by atoms with Gasteiger partial charge in [0.15, 0.2) is 0 Å². The second-order valence-corrected chi connectivity index (χ2v) is 7.48. The lowest BCUT2D eigenvalue weighted by Gasteiger charge is -2.20.